The van der Waals surface area contributed by atoms with Crippen molar-refractivity contribution in [1.29, 1.82) is 0 Å². The Balaban J connectivity index is 1.66. The van der Waals surface area contributed by atoms with E-state index < -0.39 is 0 Å². The fourth-order valence-corrected chi connectivity index (χ4v) is 3.37. The van der Waals surface area contributed by atoms with E-state index in [0.717, 1.165) is 50.9 Å². The van der Waals surface area contributed by atoms with E-state index in [-0.39, 0.29) is 11.5 Å². The van der Waals surface area contributed by atoms with Crippen LogP contribution in [0.15, 0.2) is 22.7 Å². The van der Waals surface area contributed by atoms with Gasteiger partial charge in [-0.25, -0.2) is 0 Å². The van der Waals surface area contributed by atoms with Gasteiger partial charge in [-0.3, -0.25) is 10.00 Å². The summed E-state index contributed by atoms with van der Waals surface area (Å²) >= 11 is 0. The number of nitrogens with zero attached hydrogens (tertiary/aromatic N) is 2. The van der Waals surface area contributed by atoms with Gasteiger partial charge in [0.05, 0.1) is 25.5 Å². The van der Waals surface area contributed by atoms with Crippen molar-refractivity contribution in [3.05, 3.63) is 41.1 Å². The number of aryl methyl sites for hydroxylation is 1. The minimum atomic E-state index is 0.0647. The first-order chi connectivity index (χ1) is 11.9. The zero-order valence-electron chi connectivity index (χ0n) is 15.8. The minimum absolute atomic E-state index is 0.0647. The summed E-state index contributed by atoms with van der Waals surface area (Å²) in [5.74, 6) is 1.98. The van der Waals surface area contributed by atoms with E-state index in [1.54, 1.807) is 0 Å². The van der Waals surface area contributed by atoms with Gasteiger partial charge in [-0.2, -0.15) is 5.10 Å². The highest BCUT2D eigenvalue weighted by molar-refractivity contribution is 5.23. The Kier molecular flexibility index (Phi) is 5.61. The van der Waals surface area contributed by atoms with Crippen LogP contribution in [0.5, 0.6) is 0 Å². The second-order valence-electron chi connectivity index (χ2n) is 7.76. The third-order valence-corrected chi connectivity index (χ3v) is 4.70. The molecule has 1 saturated heterocycles. The van der Waals surface area contributed by atoms with Gasteiger partial charge in [-0.1, -0.05) is 20.8 Å². The number of ether oxygens (including phenoxy) is 1. The van der Waals surface area contributed by atoms with E-state index in [2.05, 4.69) is 47.3 Å². The van der Waals surface area contributed by atoms with E-state index in [4.69, 9.17) is 9.15 Å². The smallest absolute Gasteiger partial charge is 0.122 e. The molecule has 1 atom stereocenters. The molecule has 6 heteroatoms. The summed E-state index contributed by atoms with van der Waals surface area (Å²) in [4.78, 5) is 2.44. The summed E-state index contributed by atoms with van der Waals surface area (Å²) in [5.41, 5.74) is 2.48. The number of morpholine rings is 1. The topological polar surface area (TPSA) is 66.3 Å². The largest absolute Gasteiger partial charge is 0.465 e. The Morgan fingerprint density at radius 2 is 2.04 bits per heavy atom. The summed E-state index contributed by atoms with van der Waals surface area (Å²) in [6.07, 6.45) is 1.92. The Bertz CT molecular complexity index is 665. The van der Waals surface area contributed by atoms with Crippen molar-refractivity contribution in [2.24, 2.45) is 0 Å². The Hall–Kier alpha value is -1.63. The highest BCUT2D eigenvalue weighted by atomic mass is 16.5. The van der Waals surface area contributed by atoms with Gasteiger partial charge in [0.15, 0.2) is 0 Å². The van der Waals surface area contributed by atoms with Gasteiger partial charge < -0.3 is 14.5 Å². The molecule has 0 aromatic carbocycles. The predicted octanol–water partition coefficient (Wildman–Crippen LogP) is 2.77. The molecule has 3 rings (SSSR count). The maximum atomic E-state index is 5.92. The fourth-order valence-electron chi connectivity index (χ4n) is 3.37. The molecular weight excluding hydrogens is 316 g/mol. The van der Waals surface area contributed by atoms with Gasteiger partial charge in [0.25, 0.3) is 0 Å². The molecule has 0 radical (unpaired) electrons. The third-order valence-electron chi connectivity index (χ3n) is 4.70. The molecular formula is C19H30N4O2. The average Bonchev–Trinajstić information content (AvgIpc) is 3.21. The van der Waals surface area contributed by atoms with Crippen LogP contribution in [0.2, 0.25) is 0 Å². The van der Waals surface area contributed by atoms with Crippen LogP contribution in [-0.2, 0) is 16.7 Å². The standard InChI is InChI=1S/C19H30N4O2/c1-14-5-6-17(25-14)16(23-7-9-24-10-8-23)13-20-11-15-12-21-22-18(15)19(2,3)4/h5-6,12,16,20H,7-11,13H2,1-4H3,(H,21,22). The summed E-state index contributed by atoms with van der Waals surface area (Å²) in [6.45, 7) is 13.7. The lowest BCUT2D eigenvalue weighted by molar-refractivity contribution is 0.0115. The van der Waals surface area contributed by atoms with Crippen molar-refractivity contribution in [3.8, 4) is 0 Å². The molecule has 2 aromatic heterocycles. The third kappa shape index (κ3) is 4.51. The summed E-state index contributed by atoms with van der Waals surface area (Å²) in [7, 11) is 0. The number of aromatic amines is 1. The number of hydrogen-bond donors (Lipinski definition) is 2. The number of furan rings is 1. The molecule has 1 unspecified atom stereocenters. The molecule has 2 N–H and O–H groups in total. The molecule has 25 heavy (non-hydrogen) atoms. The van der Waals surface area contributed by atoms with Gasteiger partial charge in [-0.15, -0.1) is 0 Å². The number of aromatic nitrogens is 2. The molecule has 2 aromatic rings. The van der Waals surface area contributed by atoms with E-state index in [1.165, 1.54) is 11.3 Å². The van der Waals surface area contributed by atoms with Gasteiger partial charge >= 0.3 is 0 Å². The summed E-state index contributed by atoms with van der Waals surface area (Å²) in [6, 6.07) is 4.36. The fraction of sp³-hybridized carbons (Fsp3) is 0.632. The van der Waals surface area contributed by atoms with E-state index in [9.17, 15) is 0 Å². The number of rotatable bonds is 6. The average molecular weight is 346 g/mol. The second-order valence-corrected chi connectivity index (χ2v) is 7.76. The zero-order valence-corrected chi connectivity index (χ0v) is 15.8. The van der Waals surface area contributed by atoms with Crippen LogP contribution >= 0.6 is 0 Å². The molecule has 138 valence electrons. The van der Waals surface area contributed by atoms with Gasteiger partial charge in [-0.05, 0) is 19.1 Å². The van der Waals surface area contributed by atoms with Crippen molar-refractivity contribution in [2.45, 2.75) is 45.7 Å². The predicted molar refractivity (Wildman–Crippen MR) is 97.6 cm³/mol. The van der Waals surface area contributed by atoms with Crippen molar-refractivity contribution in [1.82, 2.24) is 20.4 Å². The maximum Gasteiger partial charge on any atom is 0.122 e. The Labute approximate surface area is 149 Å². The number of hydrogen-bond acceptors (Lipinski definition) is 5. The molecule has 1 fully saturated rings. The Morgan fingerprint density at radius 1 is 1.28 bits per heavy atom. The molecule has 0 saturated carbocycles. The highest BCUT2D eigenvalue weighted by Crippen LogP contribution is 2.25. The van der Waals surface area contributed by atoms with Gasteiger partial charge in [0.1, 0.15) is 11.5 Å². The first-order valence-electron chi connectivity index (χ1n) is 9.07. The first kappa shape index (κ1) is 18.2. The molecule has 0 bridgehead atoms. The molecule has 6 nitrogen and oxygen atoms in total. The molecule has 0 aliphatic carbocycles. The van der Waals surface area contributed by atoms with Crippen LogP contribution in [0.4, 0.5) is 0 Å². The molecule has 0 spiro atoms. The lowest BCUT2D eigenvalue weighted by Gasteiger charge is -2.33. The molecule has 1 aliphatic heterocycles. The minimum Gasteiger partial charge on any atom is -0.465 e. The van der Waals surface area contributed by atoms with Crippen LogP contribution in [-0.4, -0.2) is 47.9 Å². The second kappa shape index (κ2) is 7.72. The lowest BCUT2D eigenvalue weighted by atomic mass is 9.89. The summed E-state index contributed by atoms with van der Waals surface area (Å²) < 4.78 is 11.4. The van der Waals surface area contributed by atoms with Gasteiger partial charge in [0.2, 0.25) is 0 Å². The summed E-state index contributed by atoms with van der Waals surface area (Å²) in [5, 5.41) is 11.0. The van der Waals surface area contributed by atoms with Crippen LogP contribution in [0.1, 0.15) is 49.6 Å². The van der Waals surface area contributed by atoms with Gasteiger partial charge in [0, 0.05) is 42.9 Å². The lowest BCUT2D eigenvalue weighted by Crippen LogP contribution is -2.42. The number of nitrogens with one attached hydrogen (secondary N) is 2. The SMILES string of the molecule is Cc1ccc(C(CNCc2cn[nH]c2C(C)(C)C)N2CCOCC2)o1. The van der Waals surface area contributed by atoms with Crippen molar-refractivity contribution >= 4 is 0 Å². The van der Waals surface area contributed by atoms with Crippen LogP contribution in [0, 0.1) is 6.92 Å². The first-order valence-corrected chi connectivity index (χ1v) is 9.07. The Morgan fingerprint density at radius 3 is 2.68 bits per heavy atom. The van der Waals surface area contributed by atoms with Crippen molar-refractivity contribution < 1.29 is 9.15 Å². The van der Waals surface area contributed by atoms with Crippen LogP contribution < -0.4 is 5.32 Å². The quantitative estimate of drug-likeness (QED) is 0.842. The van der Waals surface area contributed by atoms with E-state index >= 15 is 0 Å². The normalized spacial score (nSPS) is 17.8. The molecule has 1 aliphatic rings. The monoisotopic (exact) mass is 346 g/mol. The maximum absolute atomic E-state index is 5.92. The van der Waals surface area contributed by atoms with E-state index in [0.29, 0.717) is 0 Å². The van der Waals surface area contributed by atoms with Crippen LogP contribution in [0.3, 0.4) is 0 Å². The number of H-pyrrole nitrogens is 1. The van der Waals surface area contributed by atoms with Crippen LogP contribution in [0.25, 0.3) is 0 Å². The molecule has 0 amide bonds. The van der Waals surface area contributed by atoms with E-state index in [1.807, 2.05) is 19.2 Å². The highest BCUT2D eigenvalue weighted by Gasteiger charge is 2.25. The molecule has 3 heterocycles. The zero-order chi connectivity index (χ0) is 17.9. The van der Waals surface area contributed by atoms with Crippen molar-refractivity contribution in [2.75, 3.05) is 32.8 Å². The van der Waals surface area contributed by atoms with Crippen molar-refractivity contribution in [3.63, 3.8) is 0 Å².